The molecule has 1 fully saturated rings. The van der Waals surface area contributed by atoms with Crippen LogP contribution in [0.5, 0.6) is 5.75 Å². The number of sulfonamides is 1. The molecular formula is C13H20N2O3S. The molecule has 0 radical (unpaired) electrons. The second kappa shape index (κ2) is 5.79. The Kier molecular flexibility index (Phi) is 4.31. The molecule has 0 aromatic heterocycles. The maximum Gasteiger partial charge on any atom is 0.241 e. The Balaban J connectivity index is 2.11. The van der Waals surface area contributed by atoms with Crippen LogP contribution in [0.1, 0.15) is 32.1 Å². The van der Waals surface area contributed by atoms with E-state index in [1.54, 1.807) is 12.1 Å². The van der Waals surface area contributed by atoms with Gasteiger partial charge in [-0.05, 0) is 37.0 Å². The molecule has 0 atom stereocenters. The fraction of sp³-hybridized carbons (Fsp3) is 0.538. The van der Waals surface area contributed by atoms with E-state index in [1.807, 2.05) is 0 Å². The van der Waals surface area contributed by atoms with Crippen LogP contribution < -0.4 is 15.6 Å². The van der Waals surface area contributed by atoms with Gasteiger partial charge in [-0.15, -0.1) is 0 Å². The first-order valence-corrected chi connectivity index (χ1v) is 8.06. The highest BCUT2D eigenvalue weighted by Gasteiger charge is 2.18. The standard InChI is InChI=1S/C13H20N2O3S/c14-11-6-7-12(13(8-11)19(15,16)17)18-9-10-4-2-1-3-5-10/h6-8,10H,1-5,9,14H2,(H2,15,16,17). The van der Waals surface area contributed by atoms with E-state index in [0.717, 1.165) is 12.8 Å². The average molecular weight is 284 g/mol. The summed E-state index contributed by atoms with van der Waals surface area (Å²) < 4.78 is 28.6. The third kappa shape index (κ3) is 3.84. The molecule has 2 rings (SSSR count). The van der Waals surface area contributed by atoms with E-state index in [2.05, 4.69) is 0 Å². The minimum Gasteiger partial charge on any atom is -0.492 e. The molecule has 0 bridgehead atoms. The zero-order valence-corrected chi connectivity index (χ0v) is 11.7. The first-order chi connectivity index (χ1) is 8.97. The van der Waals surface area contributed by atoms with Gasteiger partial charge in [0.1, 0.15) is 10.6 Å². The van der Waals surface area contributed by atoms with Gasteiger partial charge in [0, 0.05) is 5.69 Å². The molecule has 19 heavy (non-hydrogen) atoms. The molecule has 1 aromatic carbocycles. The molecule has 106 valence electrons. The Labute approximate surface area is 114 Å². The van der Waals surface area contributed by atoms with Crippen LogP contribution in [-0.4, -0.2) is 15.0 Å². The Bertz CT molecular complexity index is 537. The van der Waals surface area contributed by atoms with Gasteiger partial charge in [-0.2, -0.15) is 0 Å². The van der Waals surface area contributed by atoms with Crippen LogP contribution in [0.15, 0.2) is 23.1 Å². The summed E-state index contributed by atoms with van der Waals surface area (Å²) in [6, 6.07) is 4.52. The van der Waals surface area contributed by atoms with Gasteiger partial charge in [-0.1, -0.05) is 19.3 Å². The van der Waals surface area contributed by atoms with Crippen molar-refractivity contribution in [2.75, 3.05) is 12.3 Å². The second-order valence-electron chi connectivity index (χ2n) is 5.07. The number of hydrogen-bond acceptors (Lipinski definition) is 4. The smallest absolute Gasteiger partial charge is 0.241 e. The topological polar surface area (TPSA) is 95.4 Å². The summed E-state index contributed by atoms with van der Waals surface area (Å²) in [6.45, 7) is 0.534. The largest absolute Gasteiger partial charge is 0.492 e. The summed E-state index contributed by atoms with van der Waals surface area (Å²) in [6.07, 6.45) is 6.00. The van der Waals surface area contributed by atoms with Crippen LogP contribution in [0.4, 0.5) is 5.69 Å². The van der Waals surface area contributed by atoms with E-state index < -0.39 is 10.0 Å². The Hall–Kier alpha value is -1.27. The van der Waals surface area contributed by atoms with Crippen LogP contribution in [0.3, 0.4) is 0 Å². The van der Waals surface area contributed by atoms with E-state index in [1.165, 1.54) is 25.3 Å². The number of nitrogen functional groups attached to an aromatic ring is 1. The molecule has 0 saturated heterocycles. The second-order valence-corrected chi connectivity index (χ2v) is 6.60. The molecule has 1 aliphatic rings. The Morgan fingerprint density at radius 3 is 2.53 bits per heavy atom. The van der Waals surface area contributed by atoms with Gasteiger partial charge < -0.3 is 10.5 Å². The van der Waals surface area contributed by atoms with E-state index in [9.17, 15) is 8.42 Å². The summed E-state index contributed by atoms with van der Waals surface area (Å²) in [4.78, 5) is -0.0386. The summed E-state index contributed by atoms with van der Waals surface area (Å²) >= 11 is 0. The van der Waals surface area contributed by atoms with Crippen molar-refractivity contribution in [1.29, 1.82) is 0 Å². The molecule has 1 aliphatic carbocycles. The minimum absolute atomic E-state index is 0.0386. The number of benzene rings is 1. The average Bonchev–Trinajstić information content (AvgIpc) is 2.37. The predicted molar refractivity (Wildman–Crippen MR) is 74.3 cm³/mol. The summed E-state index contributed by atoms with van der Waals surface area (Å²) in [5, 5.41) is 5.17. The summed E-state index contributed by atoms with van der Waals surface area (Å²) in [5.41, 5.74) is 5.94. The lowest BCUT2D eigenvalue weighted by molar-refractivity contribution is 0.205. The molecule has 0 spiro atoms. The monoisotopic (exact) mass is 284 g/mol. The number of rotatable bonds is 4. The highest BCUT2D eigenvalue weighted by molar-refractivity contribution is 7.89. The van der Waals surface area contributed by atoms with Crippen molar-refractivity contribution < 1.29 is 13.2 Å². The number of nitrogens with two attached hydrogens (primary N) is 2. The summed E-state index contributed by atoms with van der Waals surface area (Å²) in [5.74, 6) is 0.793. The first kappa shape index (κ1) is 14.1. The first-order valence-electron chi connectivity index (χ1n) is 6.52. The number of primary sulfonamides is 1. The van der Waals surface area contributed by atoms with Crippen molar-refractivity contribution in [3.63, 3.8) is 0 Å². The molecule has 0 aliphatic heterocycles. The molecule has 4 N–H and O–H groups in total. The zero-order chi connectivity index (χ0) is 13.9. The highest BCUT2D eigenvalue weighted by atomic mass is 32.2. The van der Waals surface area contributed by atoms with Crippen molar-refractivity contribution in [2.24, 2.45) is 11.1 Å². The lowest BCUT2D eigenvalue weighted by Crippen LogP contribution is -2.18. The number of ether oxygens (including phenoxy) is 1. The van der Waals surface area contributed by atoms with E-state index in [4.69, 9.17) is 15.6 Å². The van der Waals surface area contributed by atoms with Crippen molar-refractivity contribution >= 4 is 15.7 Å². The maximum atomic E-state index is 11.5. The summed E-state index contributed by atoms with van der Waals surface area (Å²) in [7, 11) is -3.81. The molecule has 6 heteroatoms. The van der Waals surface area contributed by atoms with E-state index >= 15 is 0 Å². The van der Waals surface area contributed by atoms with Crippen molar-refractivity contribution in [3.8, 4) is 5.75 Å². The van der Waals surface area contributed by atoms with Gasteiger partial charge in [0.05, 0.1) is 6.61 Å². The van der Waals surface area contributed by atoms with Crippen LogP contribution >= 0.6 is 0 Å². The predicted octanol–water partition coefficient (Wildman–Crippen LogP) is 1.88. The molecule has 0 unspecified atom stereocenters. The van der Waals surface area contributed by atoms with Crippen LogP contribution in [0.25, 0.3) is 0 Å². The van der Waals surface area contributed by atoms with Crippen LogP contribution in [0, 0.1) is 5.92 Å². The SMILES string of the molecule is Nc1ccc(OCC2CCCCC2)c(S(N)(=O)=O)c1. The van der Waals surface area contributed by atoms with E-state index in [-0.39, 0.29) is 4.90 Å². The molecule has 1 saturated carbocycles. The highest BCUT2D eigenvalue weighted by Crippen LogP contribution is 2.28. The van der Waals surface area contributed by atoms with Gasteiger partial charge in [-0.3, -0.25) is 0 Å². The molecule has 0 heterocycles. The lowest BCUT2D eigenvalue weighted by atomic mass is 9.90. The Morgan fingerprint density at radius 2 is 1.89 bits per heavy atom. The van der Waals surface area contributed by atoms with Crippen molar-refractivity contribution in [2.45, 2.75) is 37.0 Å². The fourth-order valence-corrected chi connectivity index (χ4v) is 3.14. The molecular weight excluding hydrogens is 264 g/mol. The van der Waals surface area contributed by atoms with Gasteiger partial charge in [0.25, 0.3) is 0 Å². The third-order valence-corrected chi connectivity index (χ3v) is 4.41. The number of anilines is 1. The molecule has 0 amide bonds. The Morgan fingerprint density at radius 1 is 1.21 bits per heavy atom. The van der Waals surface area contributed by atoms with Crippen molar-refractivity contribution in [1.82, 2.24) is 0 Å². The molecule has 5 nitrogen and oxygen atoms in total. The van der Waals surface area contributed by atoms with Crippen LogP contribution in [-0.2, 0) is 10.0 Å². The van der Waals surface area contributed by atoms with Gasteiger partial charge >= 0.3 is 0 Å². The lowest BCUT2D eigenvalue weighted by Gasteiger charge is -2.22. The number of hydrogen-bond donors (Lipinski definition) is 2. The van der Waals surface area contributed by atoms with Crippen molar-refractivity contribution in [3.05, 3.63) is 18.2 Å². The van der Waals surface area contributed by atoms with Gasteiger partial charge in [0.2, 0.25) is 10.0 Å². The fourth-order valence-electron chi connectivity index (χ4n) is 2.43. The zero-order valence-electron chi connectivity index (χ0n) is 10.8. The normalized spacial score (nSPS) is 17.3. The van der Waals surface area contributed by atoms with Crippen LogP contribution in [0.2, 0.25) is 0 Å². The van der Waals surface area contributed by atoms with Gasteiger partial charge in [-0.25, -0.2) is 13.6 Å². The van der Waals surface area contributed by atoms with E-state index in [0.29, 0.717) is 24.0 Å². The third-order valence-electron chi connectivity index (χ3n) is 3.47. The van der Waals surface area contributed by atoms with Gasteiger partial charge in [0.15, 0.2) is 0 Å². The maximum absolute atomic E-state index is 11.5. The quantitative estimate of drug-likeness (QED) is 0.825. The molecule has 1 aromatic rings. The minimum atomic E-state index is -3.81.